The summed E-state index contributed by atoms with van der Waals surface area (Å²) < 4.78 is 5.25. The molecule has 8 heteroatoms. The normalized spacial score (nSPS) is 19.3. The average Bonchev–Trinajstić information content (AvgIpc) is 3.35. The van der Waals surface area contributed by atoms with Crippen molar-refractivity contribution in [3.63, 3.8) is 0 Å². The van der Waals surface area contributed by atoms with Gasteiger partial charge < -0.3 is 19.7 Å². The van der Waals surface area contributed by atoms with E-state index in [0.717, 1.165) is 22.5 Å². The number of amides is 2. The zero-order valence-corrected chi connectivity index (χ0v) is 16.2. The first-order chi connectivity index (χ1) is 13.4. The molecule has 0 saturated carbocycles. The molecule has 0 unspecified atom stereocenters. The van der Waals surface area contributed by atoms with Crippen molar-refractivity contribution in [2.75, 3.05) is 13.1 Å². The van der Waals surface area contributed by atoms with Crippen LogP contribution >= 0.6 is 0 Å². The maximum Gasteiger partial charge on any atom is 0.251 e. The smallest absolute Gasteiger partial charge is 0.251 e. The maximum absolute atomic E-state index is 12.7. The lowest BCUT2D eigenvalue weighted by Gasteiger charge is -2.17. The minimum atomic E-state index is -0.176. The number of carbonyl (C=O) groups excluding carboxylic acids is 2. The van der Waals surface area contributed by atoms with Gasteiger partial charge in [-0.25, -0.2) is 4.98 Å². The van der Waals surface area contributed by atoms with E-state index in [1.807, 2.05) is 26.8 Å². The summed E-state index contributed by atoms with van der Waals surface area (Å²) in [5.41, 5.74) is 3.58. The van der Waals surface area contributed by atoms with Gasteiger partial charge >= 0.3 is 0 Å². The third-order valence-electron chi connectivity index (χ3n) is 5.45. The third kappa shape index (κ3) is 3.37. The third-order valence-corrected chi connectivity index (χ3v) is 5.45. The number of H-pyrrole nitrogens is 1. The van der Waals surface area contributed by atoms with E-state index in [-0.39, 0.29) is 30.2 Å². The Morgan fingerprint density at radius 2 is 2.14 bits per heavy atom. The van der Waals surface area contributed by atoms with Crippen molar-refractivity contribution < 1.29 is 14.1 Å². The highest BCUT2D eigenvalue weighted by molar-refractivity contribution is 5.98. The molecule has 0 aliphatic carbocycles. The molecule has 28 heavy (non-hydrogen) atoms. The number of rotatable bonds is 4. The molecule has 1 saturated heterocycles. The number of aromatic nitrogens is 3. The number of nitrogens with zero attached hydrogens (tertiary/aromatic N) is 3. The van der Waals surface area contributed by atoms with Gasteiger partial charge in [0, 0.05) is 29.7 Å². The van der Waals surface area contributed by atoms with E-state index in [4.69, 9.17) is 4.52 Å². The van der Waals surface area contributed by atoms with E-state index in [0.29, 0.717) is 24.2 Å². The van der Waals surface area contributed by atoms with Gasteiger partial charge in [-0.2, -0.15) is 0 Å². The zero-order valence-electron chi connectivity index (χ0n) is 16.2. The fourth-order valence-corrected chi connectivity index (χ4v) is 3.64. The summed E-state index contributed by atoms with van der Waals surface area (Å²) in [6.45, 7) is 6.92. The number of hydrogen-bond donors (Lipinski definition) is 2. The summed E-state index contributed by atoms with van der Waals surface area (Å²) in [6.07, 6.45) is 1.87. The Kier molecular flexibility index (Phi) is 4.62. The van der Waals surface area contributed by atoms with Gasteiger partial charge in [-0.05, 0) is 38.0 Å². The van der Waals surface area contributed by atoms with Crippen molar-refractivity contribution in [2.45, 2.75) is 33.2 Å². The van der Waals surface area contributed by atoms with E-state index in [1.165, 1.54) is 0 Å². The number of hydrogen-bond acceptors (Lipinski definition) is 5. The van der Waals surface area contributed by atoms with E-state index >= 15 is 0 Å². The lowest BCUT2D eigenvalue weighted by Crippen LogP contribution is -2.40. The molecule has 0 spiro atoms. The SMILES string of the molecule is Cc1[nH]cnc1CC(=O)N1C[C@@H](C)[C@H](NC(=O)c2ccc3c(C)noc3c2)C1. The second-order valence-electron chi connectivity index (χ2n) is 7.49. The van der Waals surface area contributed by atoms with Gasteiger partial charge in [0.2, 0.25) is 5.91 Å². The molecule has 146 valence electrons. The Hall–Kier alpha value is -3.16. The monoisotopic (exact) mass is 381 g/mol. The van der Waals surface area contributed by atoms with Gasteiger partial charge in [0.25, 0.3) is 5.91 Å². The van der Waals surface area contributed by atoms with Crippen LogP contribution in [0.1, 0.15) is 34.4 Å². The number of nitrogens with one attached hydrogen (secondary N) is 2. The zero-order chi connectivity index (χ0) is 19.8. The molecule has 1 aliphatic rings. The molecule has 0 radical (unpaired) electrons. The number of aryl methyl sites for hydroxylation is 2. The summed E-state index contributed by atoms with van der Waals surface area (Å²) in [7, 11) is 0. The Morgan fingerprint density at radius 1 is 1.32 bits per heavy atom. The molecule has 3 heterocycles. The quantitative estimate of drug-likeness (QED) is 0.719. The first kappa shape index (κ1) is 18.2. The second kappa shape index (κ2) is 7.10. The van der Waals surface area contributed by atoms with Crippen LogP contribution in [0.4, 0.5) is 0 Å². The lowest BCUT2D eigenvalue weighted by molar-refractivity contribution is -0.129. The van der Waals surface area contributed by atoms with Gasteiger partial charge in [-0.3, -0.25) is 9.59 Å². The predicted octanol–water partition coefficient (Wildman–Crippen LogP) is 1.99. The standard InChI is InChI=1S/C20H23N5O3/c1-11-8-25(19(26)7-16-13(3)21-10-22-16)9-17(11)23-20(27)14-4-5-15-12(2)24-28-18(15)6-14/h4-6,10-11,17H,7-9H2,1-3H3,(H,21,22)(H,23,27)/t11-,17-/m1/s1. The number of likely N-dealkylation sites (tertiary alicyclic amines) is 1. The number of carbonyl (C=O) groups is 2. The highest BCUT2D eigenvalue weighted by atomic mass is 16.5. The van der Waals surface area contributed by atoms with Crippen LogP contribution in [0.5, 0.6) is 0 Å². The van der Waals surface area contributed by atoms with E-state index in [2.05, 4.69) is 20.4 Å². The van der Waals surface area contributed by atoms with Crippen LogP contribution in [-0.2, 0) is 11.2 Å². The van der Waals surface area contributed by atoms with Crippen molar-refractivity contribution in [1.29, 1.82) is 0 Å². The molecule has 0 bridgehead atoms. The van der Waals surface area contributed by atoms with Crippen LogP contribution in [0.15, 0.2) is 29.0 Å². The molecule has 1 aromatic carbocycles. The summed E-state index contributed by atoms with van der Waals surface area (Å²) in [5.74, 6) is 0.0204. The van der Waals surface area contributed by atoms with Gasteiger partial charge in [-0.15, -0.1) is 0 Å². The largest absolute Gasteiger partial charge is 0.356 e. The summed E-state index contributed by atoms with van der Waals surface area (Å²) in [4.78, 5) is 34.3. The number of imidazole rings is 1. The molecule has 3 aromatic rings. The molecule has 2 aromatic heterocycles. The molecule has 1 aliphatic heterocycles. The molecule has 1 fully saturated rings. The first-order valence-electron chi connectivity index (χ1n) is 9.36. The minimum absolute atomic E-state index is 0.0253. The molecule has 4 rings (SSSR count). The fourth-order valence-electron chi connectivity index (χ4n) is 3.64. The second-order valence-corrected chi connectivity index (χ2v) is 7.49. The molecule has 2 N–H and O–H groups in total. The highest BCUT2D eigenvalue weighted by Crippen LogP contribution is 2.21. The van der Waals surface area contributed by atoms with E-state index < -0.39 is 0 Å². The van der Waals surface area contributed by atoms with Crippen LogP contribution in [0.2, 0.25) is 0 Å². The summed E-state index contributed by atoms with van der Waals surface area (Å²) in [6, 6.07) is 5.22. The Balaban J connectivity index is 1.40. The lowest BCUT2D eigenvalue weighted by atomic mass is 10.1. The minimum Gasteiger partial charge on any atom is -0.356 e. The first-order valence-corrected chi connectivity index (χ1v) is 9.36. The highest BCUT2D eigenvalue weighted by Gasteiger charge is 2.33. The van der Waals surface area contributed by atoms with Gasteiger partial charge in [-0.1, -0.05) is 12.1 Å². The summed E-state index contributed by atoms with van der Waals surface area (Å²) >= 11 is 0. The topological polar surface area (TPSA) is 104 Å². The van der Waals surface area contributed by atoms with Crippen molar-refractivity contribution >= 4 is 22.8 Å². The van der Waals surface area contributed by atoms with Crippen LogP contribution in [0, 0.1) is 19.8 Å². The van der Waals surface area contributed by atoms with E-state index in [9.17, 15) is 9.59 Å². The van der Waals surface area contributed by atoms with Gasteiger partial charge in [0.15, 0.2) is 5.58 Å². The number of aromatic amines is 1. The summed E-state index contributed by atoms with van der Waals surface area (Å²) in [5, 5.41) is 7.87. The average molecular weight is 381 g/mol. The van der Waals surface area contributed by atoms with E-state index in [1.54, 1.807) is 23.4 Å². The van der Waals surface area contributed by atoms with Crippen LogP contribution < -0.4 is 5.32 Å². The van der Waals surface area contributed by atoms with Gasteiger partial charge in [0.05, 0.1) is 30.2 Å². The molecular formula is C20H23N5O3. The predicted molar refractivity (Wildman–Crippen MR) is 103 cm³/mol. The van der Waals surface area contributed by atoms with Crippen LogP contribution in [0.25, 0.3) is 11.0 Å². The Labute approximate surface area is 162 Å². The Bertz CT molecular complexity index is 1040. The Morgan fingerprint density at radius 3 is 2.89 bits per heavy atom. The number of benzene rings is 1. The molecule has 2 amide bonds. The van der Waals surface area contributed by atoms with Crippen molar-refractivity contribution in [2.24, 2.45) is 5.92 Å². The van der Waals surface area contributed by atoms with Crippen LogP contribution in [-0.4, -0.2) is 51.0 Å². The van der Waals surface area contributed by atoms with Crippen molar-refractivity contribution in [3.8, 4) is 0 Å². The molecule has 2 atom stereocenters. The molecular weight excluding hydrogens is 358 g/mol. The fraction of sp³-hybridized carbons (Fsp3) is 0.400. The van der Waals surface area contributed by atoms with Gasteiger partial charge in [0.1, 0.15) is 0 Å². The number of fused-ring (bicyclic) bond motifs is 1. The van der Waals surface area contributed by atoms with Crippen molar-refractivity contribution in [1.82, 2.24) is 25.3 Å². The maximum atomic E-state index is 12.7. The van der Waals surface area contributed by atoms with Crippen LogP contribution in [0.3, 0.4) is 0 Å². The van der Waals surface area contributed by atoms with Crippen molar-refractivity contribution in [3.05, 3.63) is 47.2 Å². The molecule has 8 nitrogen and oxygen atoms in total.